The lowest BCUT2D eigenvalue weighted by atomic mass is 9.99. The third-order valence-electron chi connectivity index (χ3n) is 7.80. The zero-order chi connectivity index (χ0) is 31.2. The molecule has 3 atom stereocenters. The lowest BCUT2D eigenvalue weighted by molar-refractivity contribution is 0.0373. The van der Waals surface area contributed by atoms with E-state index in [2.05, 4.69) is 16.0 Å². The summed E-state index contributed by atoms with van der Waals surface area (Å²) in [6, 6.07) is 26.3. The second kappa shape index (κ2) is 13.5. The molecule has 0 spiro atoms. The van der Waals surface area contributed by atoms with Gasteiger partial charge in [0.2, 0.25) is 0 Å². The average molecular weight is 596 g/mol. The Balaban J connectivity index is 1.41. The van der Waals surface area contributed by atoms with Crippen molar-refractivity contribution >= 4 is 45.8 Å². The molecule has 44 heavy (non-hydrogen) atoms. The number of anilines is 3. The maximum absolute atomic E-state index is 13.7. The fraction of sp³-hybridized carbons (Fsp3) is 0.265. The molecule has 1 aliphatic heterocycles. The van der Waals surface area contributed by atoms with Crippen LogP contribution in [0.15, 0.2) is 91.0 Å². The van der Waals surface area contributed by atoms with Crippen LogP contribution in [0.5, 0.6) is 5.75 Å². The Labute approximate surface area is 256 Å². The first-order valence-electron chi connectivity index (χ1n) is 14.6. The Kier molecular flexibility index (Phi) is 9.30. The van der Waals surface area contributed by atoms with Crippen molar-refractivity contribution in [2.45, 2.75) is 26.0 Å². The maximum atomic E-state index is 13.7. The number of aliphatic hydroxyl groups excluding tert-OH is 1. The van der Waals surface area contributed by atoms with E-state index in [0.29, 0.717) is 23.6 Å². The number of fused-ring (bicyclic) bond motifs is 2. The van der Waals surface area contributed by atoms with E-state index in [1.54, 1.807) is 54.1 Å². The number of nitrogens with zero attached hydrogens (tertiary/aromatic N) is 2. The third-order valence-corrected chi connectivity index (χ3v) is 7.80. The van der Waals surface area contributed by atoms with Crippen molar-refractivity contribution in [3.8, 4) is 5.75 Å². The van der Waals surface area contributed by atoms with Crippen LogP contribution in [-0.2, 0) is 0 Å². The van der Waals surface area contributed by atoms with Gasteiger partial charge < -0.3 is 35.6 Å². The Morgan fingerprint density at radius 2 is 1.61 bits per heavy atom. The second-order valence-corrected chi connectivity index (χ2v) is 11.1. The molecule has 0 radical (unpaired) electrons. The van der Waals surface area contributed by atoms with Gasteiger partial charge in [0, 0.05) is 30.6 Å². The van der Waals surface area contributed by atoms with Crippen molar-refractivity contribution in [1.29, 1.82) is 0 Å². The van der Waals surface area contributed by atoms with Crippen molar-refractivity contribution in [3.63, 3.8) is 0 Å². The number of ether oxygens (including phenoxy) is 1. The minimum Gasteiger partial charge on any atom is -0.485 e. The molecule has 0 bridgehead atoms. The van der Waals surface area contributed by atoms with E-state index in [1.807, 2.05) is 67.6 Å². The van der Waals surface area contributed by atoms with Gasteiger partial charge in [0.15, 0.2) is 5.75 Å². The van der Waals surface area contributed by atoms with E-state index >= 15 is 0 Å². The van der Waals surface area contributed by atoms with Gasteiger partial charge in [-0.15, -0.1) is 0 Å². The SMILES string of the molecule is C[C@@H]1CN([C@H](C)CO)C(=O)c2cccc(NC(=O)Nc3ccccc3)c2O[C@H]1CN(C)C(=O)Nc1cccc2ccccc12. The number of para-hydroxylation sites is 2. The molecule has 0 saturated heterocycles. The number of urea groups is 2. The highest BCUT2D eigenvalue weighted by atomic mass is 16.5. The molecular weight excluding hydrogens is 558 g/mol. The first kappa shape index (κ1) is 30.4. The average Bonchev–Trinajstić information content (AvgIpc) is 3.03. The molecule has 228 valence electrons. The van der Waals surface area contributed by atoms with Gasteiger partial charge in [-0.3, -0.25) is 4.79 Å². The first-order valence-corrected chi connectivity index (χ1v) is 14.6. The zero-order valence-corrected chi connectivity index (χ0v) is 25.0. The molecule has 10 nitrogen and oxygen atoms in total. The number of hydrogen-bond acceptors (Lipinski definition) is 5. The predicted molar refractivity (Wildman–Crippen MR) is 172 cm³/mol. The fourth-order valence-electron chi connectivity index (χ4n) is 5.26. The topological polar surface area (TPSA) is 123 Å². The van der Waals surface area contributed by atoms with Crippen LogP contribution >= 0.6 is 0 Å². The van der Waals surface area contributed by atoms with Gasteiger partial charge in [0.25, 0.3) is 5.91 Å². The number of benzene rings is 4. The van der Waals surface area contributed by atoms with Crippen LogP contribution in [-0.4, -0.2) is 71.8 Å². The molecule has 5 rings (SSSR count). The van der Waals surface area contributed by atoms with Crippen LogP contribution in [0.2, 0.25) is 0 Å². The Morgan fingerprint density at radius 3 is 2.39 bits per heavy atom. The predicted octanol–water partition coefficient (Wildman–Crippen LogP) is 5.87. The van der Waals surface area contributed by atoms with E-state index in [4.69, 9.17) is 4.74 Å². The molecule has 0 fully saturated rings. The van der Waals surface area contributed by atoms with Crippen LogP contribution in [0.25, 0.3) is 10.8 Å². The van der Waals surface area contributed by atoms with Crippen molar-refractivity contribution in [3.05, 3.63) is 96.6 Å². The normalized spacial score (nSPS) is 17.0. The van der Waals surface area contributed by atoms with Crippen LogP contribution < -0.4 is 20.7 Å². The number of carbonyl (C=O) groups is 3. The Morgan fingerprint density at radius 1 is 0.932 bits per heavy atom. The number of carbonyl (C=O) groups excluding carboxylic acids is 3. The summed E-state index contributed by atoms with van der Waals surface area (Å²) in [5.41, 5.74) is 1.86. The quantitative estimate of drug-likeness (QED) is 0.213. The van der Waals surface area contributed by atoms with E-state index in [1.165, 1.54) is 0 Å². The lowest BCUT2D eigenvalue weighted by Gasteiger charge is -2.38. The summed E-state index contributed by atoms with van der Waals surface area (Å²) in [5, 5.41) is 20.5. The molecule has 4 aromatic rings. The van der Waals surface area contributed by atoms with E-state index in [-0.39, 0.29) is 42.3 Å². The van der Waals surface area contributed by atoms with Gasteiger partial charge in [-0.05, 0) is 42.6 Å². The van der Waals surface area contributed by atoms with Crippen molar-refractivity contribution < 1.29 is 24.2 Å². The van der Waals surface area contributed by atoms with E-state index in [9.17, 15) is 19.5 Å². The third kappa shape index (κ3) is 6.76. The highest BCUT2D eigenvalue weighted by molar-refractivity contribution is 6.04. The highest BCUT2D eigenvalue weighted by Gasteiger charge is 2.35. The fourth-order valence-corrected chi connectivity index (χ4v) is 5.26. The molecule has 10 heteroatoms. The summed E-state index contributed by atoms with van der Waals surface area (Å²) in [6.07, 6.45) is -0.557. The number of nitrogens with one attached hydrogen (secondary N) is 3. The van der Waals surface area contributed by atoms with E-state index < -0.39 is 18.2 Å². The molecule has 0 unspecified atom stereocenters. The minimum absolute atomic E-state index is 0.192. The van der Waals surface area contributed by atoms with Crippen molar-refractivity contribution in [2.75, 3.05) is 42.7 Å². The summed E-state index contributed by atoms with van der Waals surface area (Å²) < 4.78 is 6.53. The Hall–Kier alpha value is -5.09. The van der Waals surface area contributed by atoms with Gasteiger partial charge in [0.05, 0.1) is 36.1 Å². The molecule has 1 aliphatic rings. The molecule has 0 aromatic heterocycles. The second-order valence-electron chi connectivity index (χ2n) is 11.1. The van der Waals surface area contributed by atoms with Crippen molar-refractivity contribution in [1.82, 2.24) is 9.80 Å². The molecule has 4 N–H and O–H groups in total. The molecule has 0 saturated carbocycles. The van der Waals surface area contributed by atoms with Crippen LogP contribution in [0.1, 0.15) is 24.2 Å². The van der Waals surface area contributed by atoms with Gasteiger partial charge >= 0.3 is 12.1 Å². The molecule has 0 aliphatic carbocycles. The zero-order valence-electron chi connectivity index (χ0n) is 25.0. The van der Waals surface area contributed by atoms with Gasteiger partial charge in [0.1, 0.15) is 6.10 Å². The summed E-state index contributed by atoms with van der Waals surface area (Å²) in [6.45, 7) is 3.99. The number of aliphatic hydroxyl groups is 1. The highest BCUT2D eigenvalue weighted by Crippen LogP contribution is 2.35. The molecule has 4 aromatic carbocycles. The number of hydrogen-bond donors (Lipinski definition) is 4. The largest absolute Gasteiger partial charge is 0.485 e. The molecule has 1 heterocycles. The van der Waals surface area contributed by atoms with Gasteiger partial charge in [-0.2, -0.15) is 0 Å². The van der Waals surface area contributed by atoms with Gasteiger partial charge in [-0.1, -0.05) is 67.6 Å². The lowest BCUT2D eigenvalue weighted by Crippen LogP contribution is -2.50. The monoisotopic (exact) mass is 595 g/mol. The molecular formula is C34H37N5O5. The molecule has 5 amide bonds. The first-order chi connectivity index (χ1) is 21.2. The number of amides is 5. The smallest absolute Gasteiger partial charge is 0.323 e. The maximum Gasteiger partial charge on any atom is 0.323 e. The Bertz CT molecular complexity index is 1640. The summed E-state index contributed by atoms with van der Waals surface area (Å²) in [7, 11) is 1.69. The standard InChI is InChI=1S/C34H37N5O5/c1-22-19-39(23(2)21-40)32(41)27-16-10-18-29(36-33(42)35-25-13-5-4-6-14-25)31(27)44-30(22)20-38(3)34(43)37-28-17-9-12-24-11-7-8-15-26(24)28/h4-18,22-23,30,40H,19-21H2,1-3H3,(H,37,43)(H2,35,36,42)/t22-,23-,30+/m1/s1. The number of likely N-dealkylation sites (N-methyl/N-ethyl adjacent to an activating group) is 1. The van der Waals surface area contributed by atoms with E-state index in [0.717, 1.165) is 10.8 Å². The minimum atomic E-state index is -0.557. The summed E-state index contributed by atoms with van der Waals surface area (Å²) in [5.74, 6) is -0.351. The van der Waals surface area contributed by atoms with Crippen LogP contribution in [0.4, 0.5) is 26.7 Å². The van der Waals surface area contributed by atoms with Gasteiger partial charge in [-0.25, -0.2) is 9.59 Å². The van der Waals surface area contributed by atoms with Crippen LogP contribution in [0, 0.1) is 5.92 Å². The summed E-state index contributed by atoms with van der Waals surface area (Å²) >= 11 is 0. The van der Waals surface area contributed by atoms with Crippen molar-refractivity contribution in [2.24, 2.45) is 5.92 Å². The number of rotatable bonds is 7. The summed E-state index contributed by atoms with van der Waals surface area (Å²) in [4.78, 5) is 43.2. The van der Waals surface area contributed by atoms with Crippen LogP contribution in [0.3, 0.4) is 0 Å².